The number of nitrogens with one attached hydrogen (secondary N) is 2. The van der Waals surface area contributed by atoms with Crippen molar-refractivity contribution in [3.8, 4) is 0 Å². The molecule has 0 aromatic heterocycles. The van der Waals surface area contributed by atoms with E-state index in [2.05, 4.69) is 15.6 Å². The average molecular weight is 537 g/mol. The topological polar surface area (TPSA) is 70.6 Å². The molecule has 0 unspecified atom stereocenters. The van der Waals surface area contributed by atoms with Gasteiger partial charge in [-0.3, -0.25) is 0 Å². The molecule has 2 N–H and O–H groups in total. The summed E-state index contributed by atoms with van der Waals surface area (Å²) in [6, 6.07) is 8.60. The van der Waals surface area contributed by atoms with Gasteiger partial charge in [-0.15, -0.1) is 24.0 Å². The van der Waals surface area contributed by atoms with Crippen LogP contribution in [0.15, 0.2) is 46.3 Å². The Bertz CT molecular complexity index is 946. The Kier molecular flexibility index (Phi) is 9.97. The van der Waals surface area contributed by atoms with E-state index in [0.29, 0.717) is 48.0 Å². The normalized spacial score (nSPS) is 11.7. The van der Waals surface area contributed by atoms with E-state index >= 15 is 0 Å². The van der Waals surface area contributed by atoms with Crippen LogP contribution in [0.4, 0.5) is 8.78 Å². The highest BCUT2D eigenvalue weighted by Gasteiger charge is 2.10. The van der Waals surface area contributed by atoms with Crippen molar-refractivity contribution in [2.24, 2.45) is 4.99 Å². The predicted molar refractivity (Wildman–Crippen MR) is 123 cm³/mol. The molecule has 0 amide bonds. The molecule has 0 aliphatic carbocycles. The molecule has 0 atom stereocenters. The van der Waals surface area contributed by atoms with E-state index in [4.69, 9.17) is 0 Å². The molecule has 0 fully saturated rings. The molecule has 2 aromatic carbocycles. The summed E-state index contributed by atoms with van der Waals surface area (Å²) in [6.45, 7) is 5.18. The summed E-state index contributed by atoms with van der Waals surface area (Å²) in [5, 5.41) is 6.23. The van der Waals surface area contributed by atoms with Gasteiger partial charge in [0.2, 0.25) is 0 Å². The van der Waals surface area contributed by atoms with Crippen LogP contribution < -0.4 is 10.6 Å². The van der Waals surface area contributed by atoms with E-state index < -0.39 is 21.5 Å². The molecule has 29 heavy (non-hydrogen) atoms. The highest BCUT2D eigenvalue weighted by Crippen LogP contribution is 2.17. The van der Waals surface area contributed by atoms with Crippen molar-refractivity contribution < 1.29 is 17.2 Å². The lowest BCUT2D eigenvalue weighted by atomic mass is 10.1. The Morgan fingerprint density at radius 2 is 1.69 bits per heavy atom. The SMILES string of the molecule is CCNC(=NCc1ccc(S(C)(=O)=O)c(C)c1)NCCc1cc(F)cc(F)c1.I. The van der Waals surface area contributed by atoms with Gasteiger partial charge < -0.3 is 10.6 Å². The van der Waals surface area contributed by atoms with Gasteiger partial charge in [0.15, 0.2) is 15.8 Å². The largest absolute Gasteiger partial charge is 0.357 e. The first-order valence-electron chi connectivity index (χ1n) is 8.95. The van der Waals surface area contributed by atoms with E-state index in [1.54, 1.807) is 25.1 Å². The monoisotopic (exact) mass is 537 g/mol. The van der Waals surface area contributed by atoms with Crippen LogP contribution in [0, 0.1) is 18.6 Å². The fourth-order valence-electron chi connectivity index (χ4n) is 2.82. The maximum atomic E-state index is 13.2. The molecule has 0 radical (unpaired) electrons. The van der Waals surface area contributed by atoms with Crippen molar-refractivity contribution in [1.82, 2.24) is 10.6 Å². The third-order valence-corrected chi connectivity index (χ3v) is 5.29. The lowest BCUT2D eigenvalue weighted by Gasteiger charge is -2.12. The highest BCUT2D eigenvalue weighted by atomic mass is 127. The molecule has 160 valence electrons. The van der Waals surface area contributed by atoms with Crippen LogP contribution >= 0.6 is 24.0 Å². The molecule has 9 heteroatoms. The summed E-state index contributed by atoms with van der Waals surface area (Å²) in [5.74, 6) is -0.615. The van der Waals surface area contributed by atoms with E-state index in [-0.39, 0.29) is 24.0 Å². The van der Waals surface area contributed by atoms with Gasteiger partial charge in [0.05, 0.1) is 11.4 Å². The van der Waals surface area contributed by atoms with Gasteiger partial charge in [0, 0.05) is 25.4 Å². The summed E-state index contributed by atoms with van der Waals surface area (Å²) in [5.41, 5.74) is 2.13. The molecule has 5 nitrogen and oxygen atoms in total. The Balaban J connectivity index is 0.00000420. The number of hydrogen-bond donors (Lipinski definition) is 2. The van der Waals surface area contributed by atoms with Gasteiger partial charge in [-0.25, -0.2) is 22.2 Å². The van der Waals surface area contributed by atoms with Gasteiger partial charge in [-0.05, 0) is 55.2 Å². The highest BCUT2D eigenvalue weighted by molar-refractivity contribution is 14.0. The summed E-state index contributed by atoms with van der Waals surface area (Å²) in [4.78, 5) is 4.79. The van der Waals surface area contributed by atoms with Crippen LogP contribution in [0.25, 0.3) is 0 Å². The van der Waals surface area contributed by atoms with Crippen LogP contribution in [0.1, 0.15) is 23.6 Å². The maximum Gasteiger partial charge on any atom is 0.191 e. The molecule has 0 saturated carbocycles. The number of nitrogens with zero attached hydrogens (tertiary/aromatic N) is 1. The lowest BCUT2D eigenvalue weighted by Crippen LogP contribution is -2.38. The third-order valence-electron chi connectivity index (χ3n) is 4.03. The molecule has 0 spiro atoms. The average Bonchev–Trinajstić information content (AvgIpc) is 2.57. The van der Waals surface area contributed by atoms with Gasteiger partial charge in [-0.2, -0.15) is 0 Å². The molecular weight excluding hydrogens is 511 g/mol. The first kappa shape index (κ1) is 25.3. The molecule has 0 saturated heterocycles. The fraction of sp³-hybridized carbons (Fsp3) is 0.350. The summed E-state index contributed by atoms with van der Waals surface area (Å²) < 4.78 is 49.9. The molecule has 0 bridgehead atoms. The summed E-state index contributed by atoms with van der Waals surface area (Å²) in [6.07, 6.45) is 1.63. The van der Waals surface area contributed by atoms with E-state index in [9.17, 15) is 17.2 Å². The molecule has 2 rings (SSSR count). The number of benzene rings is 2. The number of aryl methyl sites for hydroxylation is 1. The van der Waals surface area contributed by atoms with E-state index in [0.717, 1.165) is 11.6 Å². The number of sulfone groups is 1. The van der Waals surface area contributed by atoms with Gasteiger partial charge in [0.1, 0.15) is 11.6 Å². The van der Waals surface area contributed by atoms with Crippen LogP contribution in [-0.4, -0.2) is 33.7 Å². The van der Waals surface area contributed by atoms with E-state index in [1.807, 2.05) is 6.92 Å². The minimum Gasteiger partial charge on any atom is -0.357 e. The quantitative estimate of drug-likeness (QED) is 0.322. The third kappa shape index (κ3) is 8.25. The zero-order chi connectivity index (χ0) is 20.7. The first-order valence-corrected chi connectivity index (χ1v) is 10.8. The molecule has 0 heterocycles. The molecule has 0 aliphatic rings. The zero-order valence-electron chi connectivity index (χ0n) is 16.6. The minimum atomic E-state index is -3.25. The Morgan fingerprint density at radius 1 is 1.03 bits per heavy atom. The summed E-state index contributed by atoms with van der Waals surface area (Å²) >= 11 is 0. The first-order chi connectivity index (χ1) is 13.2. The maximum absolute atomic E-state index is 13.2. The molecule has 0 aliphatic heterocycles. The molecule has 2 aromatic rings. The van der Waals surface area contributed by atoms with Gasteiger partial charge >= 0.3 is 0 Å². The Labute approximate surface area is 188 Å². The summed E-state index contributed by atoms with van der Waals surface area (Å²) in [7, 11) is -3.25. The lowest BCUT2D eigenvalue weighted by molar-refractivity contribution is 0.579. The second-order valence-corrected chi connectivity index (χ2v) is 8.51. The van der Waals surface area contributed by atoms with Crippen LogP contribution in [-0.2, 0) is 22.8 Å². The van der Waals surface area contributed by atoms with Crippen molar-refractivity contribution in [2.45, 2.75) is 31.7 Å². The van der Waals surface area contributed by atoms with Crippen LogP contribution in [0.2, 0.25) is 0 Å². The smallest absolute Gasteiger partial charge is 0.191 e. The second-order valence-electron chi connectivity index (χ2n) is 6.52. The van der Waals surface area contributed by atoms with Crippen molar-refractivity contribution in [3.63, 3.8) is 0 Å². The van der Waals surface area contributed by atoms with Crippen LogP contribution in [0.3, 0.4) is 0 Å². The fourth-order valence-corrected chi connectivity index (χ4v) is 3.78. The number of halogens is 3. The van der Waals surface area contributed by atoms with Crippen molar-refractivity contribution in [2.75, 3.05) is 19.3 Å². The Morgan fingerprint density at radius 3 is 2.24 bits per heavy atom. The predicted octanol–water partition coefficient (Wildman–Crippen LogP) is 3.59. The van der Waals surface area contributed by atoms with Crippen molar-refractivity contribution in [1.29, 1.82) is 0 Å². The standard InChI is InChI=1S/C20H25F2N3O2S.HI/c1-4-23-20(24-8-7-15-10-17(21)12-18(22)11-15)25-13-16-5-6-19(14(2)9-16)28(3,26)27;/h5-6,9-12H,4,7-8,13H2,1-3H3,(H2,23,24,25);1H. The number of aliphatic imine (C=N–C) groups is 1. The number of rotatable bonds is 7. The van der Waals surface area contributed by atoms with E-state index in [1.165, 1.54) is 18.4 Å². The molecular formula is C20H26F2IN3O2S. The van der Waals surface area contributed by atoms with Gasteiger partial charge in [-0.1, -0.05) is 12.1 Å². The number of guanidine groups is 1. The van der Waals surface area contributed by atoms with Gasteiger partial charge in [0.25, 0.3) is 0 Å². The Hall–Kier alpha value is -1.75. The van der Waals surface area contributed by atoms with Crippen LogP contribution in [0.5, 0.6) is 0 Å². The zero-order valence-corrected chi connectivity index (χ0v) is 19.8. The van der Waals surface area contributed by atoms with Crippen molar-refractivity contribution >= 4 is 39.8 Å². The van der Waals surface area contributed by atoms with Crippen molar-refractivity contribution in [3.05, 3.63) is 64.7 Å². The second kappa shape index (κ2) is 11.4. The minimum absolute atomic E-state index is 0. The number of hydrogen-bond acceptors (Lipinski definition) is 3.